The molecule has 0 saturated heterocycles. The molecule has 140 valence electrons. The molecular formula is C24H19ClFNO. The molecule has 4 aromatic carbocycles. The Morgan fingerprint density at radius 1 is 0.821 bits per heavy atom. The number of hydrogen-bond acceptors (Lipinski definition) is 2. The zero-order valence-electron chi connectivity index (χ0n) is 15.2. The van der Waals surface area contributed by atoms with Gasteiger partial charge in [0, 0.05) is 22.8 Å². The van der Waals surface area contributed by atoms with Crippen LogP contribution < -0.4 is 10.1 Å². The third-order valence-corrected chi connectivity index (χ3v) is 4.87. The lowest BCUT2D eigenvalue weighted by Gasteiger charge is -2.16. The summed E-state index contributed by atoms with van der Waals surface area (Å²) in [6, 6.07) is 26.3. The van der Waals surface area contributed by atoms with Crippen LogP contribution in [-0.4, -0.2) is 0 Å². The van der Waals surface area contributed by atoms with Crippen LogP contribution in [0.5, 0.6) is 5.75 Å². The summed E-state index contributed by atoms with van der Waals surface area (Å²) >= 11 is 5.96. The molecule has 0 radical (unpaired) electrons. The smallest absolute Gasteiger partial charge is 0.125 e. The van der Waals surface area contributed by atoms with Crippen LogP contribution in [0.4, 0.5) is 10.1 Å². The molecule has 0 unspecified atom stereocenters. The zero-order chi connectivity index (χ0) is 19.3. The van der Waals surface area contributed by atoms with E-state index in [1.807, 2.05) is 42.5 Å². The van der Waals surface area contributed by atoms with Crippen molar-refractivity contribution in [1.29, 1.82) is 0 Å². The van der Waals surface area contributed by atoms with Crippen molar-refractivity contribution in [3.05, 3.63) is 107 Å². The molecule has 0 atom stereocenters. The van der Waals surface area contributed by atoms with Crippen molar-refractivity contribution in [1.82, 2.24) is 0 Å². The van der Waals surface area contributed by atoms with Crippen LogP contribution in [0.25, 0.3) is 10.8 Å². The van der Waals surface area contributed by atoms with Gasteiger partial charge in [-0.2, -0.15) is 0 Å². The van der Waals surface area contributed by atoms with Gasteiger partial charge < -0.3 is 10.1 Å². The van der Waals surface area contributed by atoms with E-state index in [1.165, 1.54) is 12.1 Å². The molecule has 4 heteroatoms. The molecule has 0 amide bonds. The second-order valence-electron chi connectivity index (χ2n) is 6.54. The zero-order valence-corrected chi connectivity index (χ0v) is 15.9. The fourth-order valence-corrected chi connectivity index (χ4v) is 3.26. The maximum Gasteiger partial charge on any atom is 0.125 e. The summed E-state index contributed by atoms with van der Waals surface area (Å²) in [5, 5.41) is 6.35. The molecule has 0 aliphatic rings. The van der Waals surface area contributed by atoms with Crippen molar-refractivity contribution >= 4 is 28.1 Å². The van der Waals surface area contributed by atoms with Crippen LogP contribution >= 0.6 is 11.6 Å². The molecule has 0 aromatic heterocycles. The first kappa shape index (κ1) is 18.3. The maximum absolute atomic E-state index is 13.2. The molecule has 0 bridgehead atoms. The predicted octanol–water partition coefficient (Wildman–Crippen LogP) is 6.82. The number of fused-ring (bicyclic) bond motifs is 1. The maximum atomic E-state index is 13.2. The summed E-state index contributed by atoms with van der Waals surface area (Å²) in [5.41, 5.74) is 2.98. The van der Waals surface area contributed by atoms with Crippen molar-refractivity contribution < 1.29 is 9.13 Å². The highest BCUT2D eigenvalue weighted by Gasteiger charge is 2.10. The molecular weight excluding hydrogens is 373 g/mol. The van der Waals surface area contributed by atoms with E-state index in [9.17, 15) is 4.39 Å². The van der Waals surface area contributed by atoms with Crippen LogP contribution in [0.2, 0.25) is 5.02 Å². The third-order valence-electron chi connectivity index (χ3n) is 4.62. The number of hydrogen-bond donors (Lipinski definition) is 1. The van der Waals surface area contributed by atoms with Crippen molar-refractivity contribution in [3.63, 3.8) is 0 Å². The van der Waals surface area contributed by atoms with Crippen molar-refractivity contribution in [2.75, 3.05) is 5.32 Å². The molecule has 4 rings (SSSR count). The average molecular weight is 392 g/mol. The summed E-state index contributed by atoms with van der Waals surface area (Å²) in [4.78, 5) is 0. The Bertz CT molecular complexity index is 1080. The van der Waals surface area contributed by atoms with Crippen LogP contribution in [-0.2, 0) is 13.2 Å². The summed E-state index contributed by atoms with van der Waals surface area (Å²) in [6.45, 7) is 1.03. The molecule has 0 aliphatic heterocycles. The number of nitrogens with one attached hydrogen (secondary N) is 1. The highest BCUT2D eigenvalue weighted by molar-refractivity contribution is 6.30. The molecule has 0 fully saturated rings. The SMILES string of the molecule is Fc1ccc(NCc2c(OCc3ccc(Cl)cc3)ccc3ccccc23)cc1. The Balaban J connectivity index is 1.60. The van der Waals surface area contributed by atoms with Crippen LogP contribution in [0.3, 0.4) is 0 Å². The molecule has 4 aromatic rings. The Hall–Kier alpha value is -3.04. The summed E-state index contributed by atoms with van der Waals surface area (Å²) in [6.07, 6.45) is 0. The van der Waals surface area contributed by atoms with E-state index >= 15 is 0 Å². The van der Waals surface area contributed by atoms with E-state index in [2.05, 4.69) is 23.5 Å². The lowest BCUT2D eigenvalue weighted by atomic mass is 10.0. The minimum atomic E-state index is -0.248. The number of benzene rings is 4. The van der Waals surface area contributed by atoms with Gasteiger partial charge in [-0.3, -0.25) is 0 Å². The highest BCUT2D eigenvalue weighted by Crippen LogP contribution is 2.30. The van der Waals surface area contributed by atoms with Crippen LogP contribution in [0, 0.1) is 5.82 Å². The van der Waals surface area contributed by atoms with Crippen LogP contribution in [0.15, 0.2) is 84.9 Å². The lowest BCUT2D eigenvalue weighted by Crippen LogP contribution is -2.04. The van der Waals surface area contributed by atoms with Gasteiger partial charge in [-0.1, -0.05) is 54.1 Å². The fourth-order valence-electron chi connectivity index (χ4n) is 3.13. The second kappa shape index (κ2) is 8.32. The summed E-state index contributed by atoms with van der Waals surface area (Å²) in [7, 11) is 0. The Morgan fingerprint density at radius 2 is 1.57 bits per heavy atom. The average Bonchev–Trinajstić information content (AvgIpc) is 2.73. The summed E-state index contributed by atoms with van der Waals surface area (Å²) in [5.74, 6) is 0.575. The van der Waals surface area contributed by atoms with Gasteiger partial charge in [-0.15, -0.1) is 0 Å². The minimum absolute atomic E-state index is 0.248. The van der Waals surface area contributed by atoms with Gasteiger partial charge in [-0.05, 0) is 58.8 Å². The first-order chi connectivity index (χ1) is 13.7. The van der Waals surface area contributed by atoms with E-state index in [-0.39, 0.29) is 5.82 Å². The minimum Gasteiger partial charge on any atom is -0.489 e. The van der Waals surface area contributed by atoms with E-state index in [0.717, 1.165) is 33.3 Å². The van der Waals surface area contributed by atoms with E-state index < -0.39 is 0 Å². The second-order valence-corrected chi connectivity index (χ2v) is 6.98. The van der Waals surface area contributed by atoms with Gasteiger partial charge in [0.05, 0.1) is 0 Å². The Kier molecular flexibility index (Phi) is 5.45. The molecule has 28 heavy (non-hydrogen) atoms. The van der Waals surface area contributed by atoms with Gasteiger partial charge in [-0.25, -0.2) is 4.39 Å². The first-order valence-electron chi connectivity index (χ1n) is 9.06. The molecule has 0 aliphatic carbocycles. The Morgan fingerprint density at radius 3 is 2.36 bits per heavy atom. The van der Waals surface area contributed by atoms with Gasteiger partial charge in [0.1, 0.15) is 18.2 Å². The number of anilines is 1. The van der Waals surface area contributed by atoms with Crippen molar-refractivity contribution in [3.8, 4) is 5.75 Å². The van der Waals surface area contributed by atoms with Crippen LogP contribution in [0.1, 0.15) is 11.1 Å². The highest BCUT2D eigenvalue weighted by atomic mass is 35.5. The van der Waals surface area contributed by atoms with Crippen molar-refractivity contribution in [2.24, 2.45) is 0 Å². The van der Waals surface area contributed by atoms with Crippen molar-refractivity contribution in [2.45, 2.75) is 13.2 Å². The van der Waals surface area contributed by atoms with Gasteiger partial charge in [0.25, 0.3) is 0 Å². The first-order valence-corrected chi connectivity index (χ1v) is 9.44. The summed E-state index contributed by atoms with van der Waals surface area (Å²) < 4.78 is 19.3. The van der Waals surface area contributed by atoms with Gasteiger partial charge in [0.15, 0.2) is 0 Å². The largest absolute Gasteiger partial charge is 0.489 e. The lowest BCUT2D eigenvalue weighted by molar-refractivity contribution is 0.304. The third kappa shape index (κ3) is 4.26. The fraction of sp³-hybridized carbons (Fsp3) is 0.0833. The molecule has 0 saturated carbocycles. The van der Waals surface area contributed by atoms with E-state index in [4.69, 9.17) is 16.3 Å². The number of halogens is 2. The van der Waals surface area contributed by atoms with Gasteiger partial charge in [0.2, 0.25) is 0 Å². The monoisotopic (exact) mass is 391 g/mol. The molecule has 0 heterocycles. The molecule has 1 N–H and O–H groups in total. The van der Waals surface area contributed by atoms with E-state index in [1.54, 1.807) is 12.1 Å². The number of rotatable bonds is 6. The van der Waals surface area contributed by atoms with E-state index in [0.29, 0.717) is 18.2 Å². The molecule has 2 nitrogen and oxygen atoms in total. The topological polar surface area (TPSA) is 21.3 Å². The van der Waals surface area contributed by atoms with Gasteiger partial charge >= 0.3 is 0 Å². The quantitative estimate of drug-likeness (QED) is 0.389. The number of ether oxygens (including phenoxy) is 1. The Labute approximate surface area is 168 Å². The molecule has 0 spiro atoms. The normalized spacial score (nSPS) is 10.8. The predicted molar refractivity (Wildman–Crippen MR) is 113 cm³/mol. The standard InChI is InChI=1S/C24H19ClFNO/c25-19-8-5-17(6-9-19)16-28-24-14-7-18-3-1-2-4-22(18)23(24)15-27-21-12-10-20(26)11-13-21/h1-14,27H,15-16H2.